The number of fused-ring (bicyclic) bond motifs is 1. The van der Waals surface area contributed by atoms with Gasteiger partial charge in [-0.05, 0) is 15.9 Å². The molecular formula is C8H9BrN2O. The van der Waals surface area contributed by atoms with Crippen molar-refractivity contribution in [3.63, 3.8) is 0 Å². The summed E-state index contributed by atoms with van der Waals surface area (Å²) in [6.45, 7) is 0.691. The molecule has 0 radical (unpaired) electrons. The molecule has 1 atom stereocenters. The number of nitrogens with two attached hydrogens (primary N) is 1. The Morgan fingerprint density at radius 3 is 3.17 bits per heavy atom. The molecule has 2 heterocycles. The maximum Gasteiger partial charge on any atom is 0.141 e. The number of halogens is 1. The van der Waals surface area contributed by atoms with Crippen molar-refractivity contribution in [2.45, 2.75) is 12.5 Å². The molecule has 0 bridgehead atoms. The molecule has 2 rings (SSSR count). The minimum Gasteiger partial charge on any atom is -0.492 e. The summed E-state index contributed by atoms with van der Waals surface area (Å²) in [5.41, 5.74) is 6.87. The van der Waals surface area contributed by atoms with E-state index >= 15 is 0 Å². The quantitative estimate of drug-likeness (QED) is 0.735. The minimum absolute atomic E-state index is 0.0683. The number of aromatic nitrogens is 1. The molecule has 0 aromatic carbocycles. The third-order valence-corrected chi connectivity index (χ3v) is 2.52. The summed E-state index contributed by atoms with van der Waals surface area (Å²) in [7, 11) is 0. The van der Waals surface area contributed by atoms with E-state index in [4.69, 9.17) is 10.5 Å². The summed E-state index contributed by atoms with van der Waals surface area (Å²) in [5.74, 6) is 0.851. The third-order valence-electron chi connectivity index (χ3n) is 1.96. The van der Waals surface area contributed by atoms with Crippen LogP contribution in [0.25, 0.3) is 0 Å². The first-order valence-electron chi connectivity index (χ1n) is 3.81. The topological polar surface area (TPSA) is 48.1 Å². The lowest BCUT2D eigenvalue weighted by Crippen LogP contribution is -2.20. The van der Waals surface area contributed by atoms with Crippen LogP contribution in [-0.2, 0) is 0 Å². The average Bonchev–Trinajstić information content (AvgIpc) is 2.07. The fraction of sp³-hybridized carbons (Fsp3) is 0.375. The highest BCUT2D eigenvalue weighted by molar-refractivity contribution is 9.10. The van der Waals surface area contributed by atoms with Crippen LogP contribution in [-0.4, -0.2) is 11.6 Å². The highest BCUT2D eigenvalue weighted by atomic mass is 79.9. The fourth-order valence-electron chi connectivity index (χ4n) is 1.30. The highest BCUT2D eigenvalue weighted by Gasteiger charge is 2.19. The van der Waals surface area contributed by atoms with Gasteiger partial charge < -0.3 is 10.5 Å². The molecule has 1 aliphatic heterocycles. The van der Waals surface area contributed by atoms with Gasteiger partial charge in [0.25, 0.3) is 0 Å². The summed E-state index contributed by atoms with van der Waals surface area (Å²) < 4.78 is 6.34. The third kappa shape index (κ3) is 1.21. The SMILES string of the molecule is N[C@H]1CCOc2c(Br)cncc21. The standard InChI is InChI=1S/C8H9BrN2O/c9-6-4-11-3-5-7(10)1-2-12-8(5)6/h3-4,7H,1-2,10H2/t7-/m0/s1. The normalized spacial score (nSPS) is 21.3. The molecule has 0 saturated carbocycles. The molecule has 4 heteroatoms. The molecule has 2 N–H and O–H groups in total. The molecule has 0 aliphatic carbocycles. The smallest absolute Gasteiger partial charge is 0.141 e. The number of hydrogen-bond donors (Lipinski definition) is 1. The Balaban J connectivity index is 2.52. The number of hydrogen-bond acceptors (Lipinski definition) is 3. The first-order chi connectivity index (χ1) is 5.79. The molecule has 0 saturated heterocycles. The zero-order valence-corrected chi connectivity index (χ0v) is 8.04. The Bertz CT molecular complexity index is 303. The summed E-state index contributed by atoms with van der Waals surface area (Å²) in [5, 5.41) is 0. The van der Waals surface area contributed by atoms with Crippen LogP contribution in [0.5, 0.6) is 5.75 Å². The summed E-state index contributed by atoms with van der Waals surface area (Å²) in [6, 6.07) is 0.0683. The number of rotatable bonds is 0. The van der Waals surface area contributed by atoms with E-state index in [0.29, 0.717) is 6.61 Å². The number of ether oxygens (including phenoxy) is 1. The molecule has 64 valence electrons. The molecule has 3 nitrogen and oxygen atoms in total. The van der Waals surface area contributed by atoms with Crippen LogP contribution >= 0.6 is 15.9 Å². The van der Waals surface area contributed by atoms with Crippen molar-refractivity contribution in [3.05, 3.63) is 22.4 Å². The second-order valence-electron chi connectivity index (χ2n) is 2.78. The summed E-state index contributed by atoms with van der Waals surface area (Å²) in [4.78, 5) is 4.04. The zero-order chi connectivity index (χ0) is 8.55. The highest BCUT2D eigenvalue weighted by Crippen LogP contribution is 2.35. The lowest BCUT2D eigenvalue weighted by Gasteiger charge is -2.22. The molecular weight excluding hydrogens is 220 g/mol. The van der Waals surface area contributed by atoms with Gasteiger partial charge in [0.15, 0.2) is 0 Å². The Morgan fingerprint density at radius 1 is 1.58 bits per heavy atom. The van der Waals surface area contributed by atoms with Gasteiger partial charge >= 0.3 is 0 Å². The Labute approximate surface area is 79.1 Å². The van der Waals surface area contributed by atoms with E-state index in [9.17, 15) is 0 Å². The van der Waals surface area contributed by atoms with Crippen molar-refractivity contribution in [3.8, 4) is 5.75 Å². The lowest BCUT2D eigenvalue weighted by molar-refractivity contribution is 0.266. The van der Waals surface area contributed by atoms with Crippen molar-refractivity contribution >= 4 is 15.9 Å². The molecule has 12 heavy (non-hydrogen) atoms. The van der Waals surface area contributed by atoms with Crippen LogP contribution in [0.1, 0.15) is 18.0 Å². The van der Waals surface area contributed by atoms with Gasteiger partial charge in [-0.2, -0.15) is 0 Å². The first-order valence-corrected chi connectivity index (χ1v) is 4.60. The van der Waals surface area contributed by atoms with E-state index in [1.807, 2.05) is 0 Å². The van der Waals surface area contributed by atoms with Crippen molar-refractivity contribution in [1.29, 1.82) is 0 Å². The van der Waals surface area contributed by atoms with Crippen LogP contribution in [0.15, 0.2) is 16.9 Å². The van der Waals surface area contributed by atoms with Crippen molar-refractivity contribution in [2.75, 3.05) is 6.61 Å². The Hall–Kier alpha value is -0.610. The van der Waals surface area contributed by atoms with Gasteiger partial charge in [0, 0.05) is 30.4 Å². The van der Waals surface area contributed by atoms with Crippen molar-refractivity contribution in [1.82, 2.24) is 4.98 Å². The molecule has 0 fully saturated rings. The largest absolute Gasteiger partial charge is 0.492 e. The van der Waals surface area contributed by atoms with Crippen LogP contribution in [0.4, 0.5) is 0 Å². The van der Waals surface area contributed by atoms with Gasteiger partial charge in [0.2, 0.25) is 0 Å². The molecule has 0 unspecified atom stereocenters. The van der Waals surface area contributed by atoms with Gasteiger partial charge in [0.1, 0.15) is 5.75 Å². The minimum atomic E-state index is 0.0683. The molecule has 0 spiro atoms. The van der Waals surface area contributed by atoms with Crippen molar-refractivity contribution in [2.24, 2.45) is 5.73 Å². The number of nitrogens with zero attached hydrogens (tertiary/aromatic N) is 1. The van der Waals surface area contributed by atoms with Crippen LogP contribution in [0.3, 0.4) is 0 Å². The van der Waals surface area contributed by atoms with E-state index in [2.05, 4.69) is 20.9 Å². The van der Waals surface area contributed by atoms with Gasteiger partial charge in [-0.15, -0.1) is 0 Å². The maximum atomic E-state index is 5.87. The summed E-state index contributed by atoms with van der Waals surface area (Å²) in [6.07, 6.45) is 4.35. The molecule has 0 amide bonds. The van der Waals surface area contributed by atoms with Gasteiger partial charge in [-0.25, -0.2) is 0 Å². The van der Waals surface area contributed by atoms with Crippen LogP contribution < -0.4 is 10.5 Å². The second-order valence-corrected chi connectivity index (χ2v) is 3.64. The van der Waals surface area contributed by atoms with E-state index in [-0.39, 0.29) is 6.04 Å². The predicted octanol–water partition coefficient (Wildman–Crippen LogP) is 1.63. The Kier molecular flexibility index (Phi) is 2.02. The average molecular weight is 229 g/mol. The van der Waals surface area contributed by atoms with Gasteiger partial charge in [-0.3, -0.25) is 4.98 Å². The summed E-state index contributed by atoms with van der Waals surface area (Å²) >= 11 is 3.37. The van der Waals surface area contributed by atoms with E-state index in [1.54, 1.807) is 12.4 Å². The first kappa shape index (κ1) is 8.01. The van der Waals surface area contributed by atoms with Gasteiger partial charge in [0.05, 0.1) is 11.1 Å². The van der Waals surface area contributed by atoms with Crippen molar-refractivity contribution < 1.29 is 4.74 Å². The van der Waals surface area contributed by atoms with Crippen LogP contribution in [0, 0.1) is 0 Å². The van der Waals surface area contributed by atoms with E-state index < -0.39 is 0 Å². The molecule has 1 aromatic rings. The lowest BCUT2D eigenvalue weighted by atomic mass is 10.0. The second kappa shape index (κ2) is 3.03. The zero-order valence-electron chi connectivity index (χ0n) is 6.46. The Morgan fingerprint density at radius 2 is 2.42 bits per heavy atom. The molecule has 1 aromatic heterocycles. The maximum absolute atomic E-state index is 5.87. The van der Waals surface area contributed by atoms with E-state index in [1.165, 1.54) is 0 Å². The monoisotopic (exact) mass is 228 g/mol. The predicted molar refractivity (Wildman–Crippen MR) is 49.0 cm³/mol. The fourth-order valence-corrected chi connectivity index (χ4v) is 1.76. The molecule has 1 aliphatic rings. The van der Waals surface area contributed by atoms with E-state index in [0.717, 1.165) is 22.2 Å². The van der Waals surface area contributed by atoms with Crippen LogP contribution in [0.2, 0.25) is 0 Å². The van der Waals surface area contributed by atoms with Gasteiger partial charge in [-0.1, -0.05) is 0 Å². The number of pyridine rings is 1.